The van der Waals surface area contributed by atoms with E-state index in [2.05, 4.69) is 18.7 Å². The van der Waals surface area contributed by atoms with Gasteiger partial charge in [0.15, 0.2) is 0 Å². The van der Waals surface area contributed by atoms with Gasteiger partial charge in [-0.3, -0.25) is 4.90 Å². The Bertz CT molecular complexity index is 399. The molecular weight excluding hydrogens is 246 g/mol. The number of hydrogen-bond acceptors (Lipinski definition) is 2. The van der Waals surface area contributed by atoms with Gasteiger partial charge in [-0.2, -0.15) is 0 Å². The molecule has 1 atom stereocenters. The van der Waals surface area contributed by atoms with Gasteiger partial charge >= 0.3 is 0 Å². The Hall–Kier alpha value is -0.730. The van der Waals surface area contributed by atoms with E-state index in [1.807, 2.05) is 6.07 Å². The van der Waals surface area contributed by atoms with Crippen molar-refractivity contribution < 1.29 is 5.11 Å². The van der Waals surface area contributed by atoms with E-state index in [0.29, 0.717) is 10.8 Å². The third-order valence-corrected chi connectivity index (χ3v) is 4.45. The van der Waals surface area contributed by atoms with Gasteiger partial charge in [0, 0.05) is 16.6 Å². The minimum Gasteiger partial charge on any atom is -0.508 e. The maximum Gasteiger partial charge on any atom is 0.120 e. The van der Waals surface area contributed by atoms with Gasteiger partial charge in [-0.05, 0) is 57.0 Å². The molecule has 1 aliphatic heterocycles. The third-order valence-electron chi connectivity index (χ3n) is 4.21. The van der Waals surface area contributed by atoms with Crippen LogP contribution in [-0.2, 0) is 0 Å². The Morgan fingerprint density at radius 2 is 2.06 bits per heavy atom. The Morgan fingerprint density at radius 3 is 2.67 bits per heavy atom. The van der Waals surface area contributed by atoms with Crippen LogP contribution in [-0.4, -0.2) is 23.1 Å². The molecular formula is C15H22ClNO. The number of phenols is 1. The van der Waals surface area contributed by atoms with Crippen molar-refractivity contribution >= 4 is 11.6 Å². The van der Waals surface area contributed by atoms with E-state index in [4.69, 9.17) is 11.6 Å². The number of likely N-dealkylation sites (tertiary alicyclic amines) is 1. The van der Waals surface area contributed by atoms with E-state index in [0.717, 1.165) is 24.6 Å². The molecule has 1 aliphatic rings. The van der Waals surface area contributed by atoms with Crippen LogP contribution in [0.5, 0.6) is 5.75 Å². The van der Waals surface area contributed by atoms with Gasteiger partial charge in [0.2, 0.25) is 0 Å². The Labute approximate surface area is 115 Å². The van der Waals surface area contributed by atoms with Crippen LogP contribution in [0.2, 0.25) is 5.02 Å². The third kappa shape index (κ3) is 2.99. The fourth-order valence-corrected chi connectivity index (χ4v) is 2.99. The fourth-order valence-electron chi connectivity index (χ4n) is 2.81. The van der Waals surface area contributed by atoms with Gasteiger partial charge in [-0.25, -0.2) is 0 Å². The van der Waals surface area contributed by atoms with Gasteiger partial charge in [0.25, 0.3) is 0 Å². The van der Waals surface area contributed by atoms with E-state index >= 15 is 0 Å². The van der Waals surface area contributed by atoms with Crippen molar-refractivity contribution in [2.24, 2.45) is 5.92 Å². The van der Waals surface area contributed by atoms with E-state index in [-0.39, 0.29) is 6.04 Å². The largest absolute Gasteiger partial charge is 0.508 e. The molecule has 2 nitrogen and oxygen atoms in total. The van der Waals surface area contributed by atoms with E-state index in [1.165, 1.54) is 19.3 Å². The SMILES string of the molecule is CCC1CCN(C(C)c2cc(Cl)ccc2O)CC1. The summed E-state index contributed by atoms with van der Waals surface area (Å²) in [5.74, 6) is 1.23. The highest BCUT2D eigenvalue weighted by Gasteiger charge is 2.24. The lowest BCUT2D eigenvalue weighted by atomic mass is 9.92. The summed E-state index contributed by atoms with van der Waals surface area (Å²) in [6.45, 7) is 6.65. The molecule has 1 N–H and O–H groups in total. The van der Waals surface area contributed by atoms with Crippen molar-refractivity contribution in [2.45, 2.75) is 39.2 Å². The molecule has 0 aliphatic carbocycles. The Kier molecular flexibility index (Phi) is 4.52. The van der Waals surface area contributed by atoms with Crippen molar-refractivity contribution in [3.05, 3.63) is 28.8 Å². The first-order chi connectivity index (χ1) is 8.61. The molecule has 0 bridgehead atoms. The van der Waals surface area contributed by atoms with Crippen LogP contribution in [0, 0.1) is 5.92 Å². The average molecular weight is 268 g/mol. The second kappa shape index (κ2) is 5.94. The number of hydrogen-bond donors (Lipinski definition) is 1. The first kappa shape index (κ1) is 13.7. The number of benzene rings is 1. The van der Waals surface area contributed by atoms with E-state index in [1.54, 1.807) is 12.1 Å². The topological polar surface area (TPSA) is 23.5 Å². The summed E-state index contributed by atoms with van der Waals surface area (Å²) in [5, 5.41) is 10.6. The standard InChI is InChI=1S/C15H22ClNO/c1-3-12-6-8-17(9-7-12)11(2)14-10-13(16)4-5-15(14)18/h4-5,10-12,18H,3,6-9H2,1-2H3. The van der Waals surface area contributed by atoms with Crippen LogP contribution < -0.4 is 0 Å². The second-order valence-corrected chi connectivity index (χ2v) is 5.70. The molecule has 0 aromatic heterocycles. The Balaban J connectivity index is 2.07. The molecule has 1 heterocycles. The quantitative estimate of drug-likeness (QED) is 0.886. The van der Waals surface area contributed by atoms with Gasteiger partial charge < -0.3 is 5.11 Å². The molecule has 1 aromatic rings. The molecule has 18 heavy (non-hydrogen) atoms. The summed E-state index contributed by atoms with van der Waals surface area (Å²) in [5.41, 5.74) is 0.942. The molecule has 2 rings (SSSR count). The molecule has 1 saturated heterocycles. The summed E-state index contributed by atoms with van der Waals surface area (Å²) in [6, 6.07) is 5.54. The summed E-state index contributed by atoms with van der Waals surface area (Å²) in [7, 11) is 0. The zero-order valence-electron chi connectivity index (χ0n) is 11.2. The lowest BCUT2D eigenvalue weighted by Crippen LogP contribution is -2.35. The highest BCUT2D eigenvalue weighted by Crippen LogP contribution is 2.33. The van der Waals surface area contributed by atoms with Crippen molar-refractivity contribution in [3.63, 3.8) is 0 Å². The fraction of sp³-hybridized carbons (Fsp3) is 0.600. The van der Waals surface area contributed by atoms with E-state index < -0.39 is 0 Å². The molecule has 0 spiro atoms. The minimum atomic E-state index is 0.238. The van der Waals surface area contributed by atoms with Gasteiger partial charge in [0.05, 0.1) is 0 Å². The lowest BCUT2D eigenvalue weighted by Gasteiger charge is -2.36. The van der Waals surface area contributed by atoms with E-state index in [9.17, 15) is 5.11 Å². The molecule has 1 unspecified atom stereocenters. The van der Waals surface area contributed by atoms with Crippen LogP contribution in [0.15, 0.2) is 18.2 Å². The van der Waals surface area contributed by atoms with Crippen LogP contribution in [0.3, 0.4) is 0 Å². The van der Waals surface area contributed by atoms with Crippen molar-refractivity contribution in [2.75, 3.05) is 13.1 Å². The first-order valence-corrected chi connectivity index (χ1v) is 7.22. The predicted octanol–water partition coefficient (Wildman–Crippen LogP) is 4.23. The van der Waals surface area contributed by atoms with Crippen molar-refractivity contribution in [3.8, 4) is 5.75 Å². The smallest absolute Gasteiger partial charge is 0.120 e. The molecule has 0 radical (unpaired) electrons. The molecule has 0 amide bonds. The second-order valence-electron chi connectivity index (χ2n) is 5.27. The molecule has 0 saturated carbocycles. The number of nitrogens with zero attached hydrogens (tertiary/aromatic N) is 1. The number of rotatable bonds is 3. The number of piperidine rings is 1. The van der Waals surface area contributed by atoms with Crippen molar-refractivity contribution in [1.82, 2.24) is 4.90 Å². The monoisotopic (exact) mass is 267 g/mol. The summed E-state index contributed by atoms with van der Waals surface area (Å²) >= 11 is 6.02. The maximum atomic E-state index is 9.95. The summed E-state index contributed by atoms with van der Waals surface area (Å²) < 4.78 is 0. The summed E-state index contributed by atoms with van der Waals surface area (Å²) in [6.07, 6.45) is 3.81. The minimum absolute atomic E-state index is 0.238. The number of aromatic hydroxyl groups is 1. The number of phenolic OH excluding ortho intramolecular Hbond substituents is 1. The Morgan fingerprint density at radius 1 is 1.39 bits per heavy atom. The lowest BCUT2D eigenvalue weighted by molar-refractivity contribution is 0.138. The van der Waals surface area contributed by atoms with Gasteiger partial charge in [0.1, 0.15) is 5.75 Å². The highest BCUT2D eigenvalue weighted by atomic mass is 35.5. The molecule has 1 fully saturated rings. The zero-order chi connectivity index (χ0) is 13.1. The van der Waals surface area contributed by atoms with Crippen LogP contribution in [0.25, 0.3) is 0 Å². The predicted molar refractivity (Wildman–Crippen MR) is 76.1 cm³/mol. The van der Waals surface area contributed by atoms with Crippen LogP contribution in [0.4, 0.5) is 0 Å². The normalized spacial score (nSPS) is 19.9. The maximum absolute atomic E-state index is 9.95. The van der Waals surface area contributed by atoms with Gasteiger partial charge in [-0.15, -0.1) is 0 Å². The number of halogens is 1. The summed E-state index contributed by atoms with van der Waals surface area (Å²) in [4.78, 5) is 2.44. The average Bonchev–Trinajstić information content (AvgIpc) is 2.41. The molecule has 3 heteroatoms. The van der Waals surface area contributed by atoms with Crippen LogP contribution >= 0.6 is 11.6 Å². The highest BCUT2D eigenvalue weighted by molar-refractivity contribution is 6.30. The van der Waals surface area contributed by atoms with Crippen molar-refractivity contribution in [1.29, 1.82) is 0 Å². The zero-order valence-corrected chi connectivity index (χ0v) is 12.0. The molecule has 100 valence electrons. The van der Waals surface area contributed by atoms with Gasteiger partial charge in [-0.1, -0.05) is 24.9 Å². The first-order valence-electron chi connectivity index (χ1n) is 6.84. The van der Waals surface area contributed by atoms with Crippen LogP contribution in [0.1, 0.15) is 44.7 Å². The molecule has 1 aromatic carbocycles.